The molecule has 0 fully saturated rings. The molecule has 0 radical (unpaired) electrons. The Morgan fingerprint density at radius 2 is 2.10 bits per heavy atom. The number of amides is 1. The molecule has 0 saturated carbocycles. The molecule has 0 bridgehead atoms. The van der Waals surface area contributed by atoms with Crippen LogP contribution in [-0.2, 0) is 11.2 Å². The van der Waals surface area contributed by atoms with Crippen molar-refractivity contribution in [2.24, 2.45) is 0 Å². The summed E-state index contributed by atoms with van der Waals surface area (Å²) in [6.07, 6.45) is 3.56. The molecule has 20 heavy (non-hydrogen) atoms. The van der Waals surface area contributed by atoms with Gasteiger partial charge in [0.15, 0.2) is 5.13 Å². The van der Waals surface area contributed by atoms with Crippen molar-refractivity contribution in [3.05, 3.63) is 35.2 Å². The second kappa shape index (κ2) is 7.45. The summed E-state index contributed by atoms with van der Waals surface area (Å²) in [7, 11) is 0. The lowest BCUT2D eigenvalue weighted by Crippen LogP contribution is -2.11. The second-order valence-corrected chi connectivity index (χ2v) is 6.22. The number of anilines is 1. The third-order valence-electron chi connectivity index (χ3n) is 2.94. The summed E-state index contributed by atoms with van der Waals surface area (Å²) in [6, 6.07) is 8.39. The van der Waals surface area contributed by atoms with Gasteiger partial charge >= 0.3 is 0 Å². The minimum Gasteiger partial charge on any atom is -0.302 e. The van der Waals surface area contributed by atoms with Crippen molar-refractivity contribution in [1.29, 1.82) is 0 Å². The molecule has 1 amide bonds. The van der Waals surface area contributed by atoms with Crippen LogP contribution in [0, 0.1) is 0 Å². The fraction of sp³-hybridized carbons (Fsp3) is 0.333. The Kier molecular flexibility index (Phi) is 5.61. The van der Waals surface area contributed by atoms with Crippen LogP contribution in [0.4, 0.5) is 5.13 Å². The predicted octanol–water partition coefficient (Wildman–Crippen LogP) is 4.06. The second-order valence-electron chi connectivity index (χ2n) is 4.38. The first-order chi connectivity index (χ1) is 9.72. The molecule has 106 valence electrons. The van der Waals surface area contributed by atoms with Gasteiger partial charge in [-0.25, -0.2) is 4.98 Å². The van der Waals surface area contributed by atoms with E-state index in [0.717, 1.165) is 23.4 Å². The van der Waals surface area contributed by atoms with Gasteiger partial charge in [-0.05, 0) is 18.2 Å². The van der Waals surface area contributed by atoms with E-state index in [9.17, 15) is 4.79 Å². The van der Waals surface area contributed by atoms with Crippen LogP contribution in [0.15, 0.2) is 29.6 Å². The van der Waals surface area contributed by atoms with Crippen LogP contribution >= 0.6 is 23.1 Å². The van der Waals surface area contributed by atoms with Gasteiger partial charge in [0.2, 0.25) is 5.91 Å². The summed E-state index contributed by atoms with van der Waals surface area (Å²) in [5.74, 6) is 0.865. The average molecular weight is 306 g/mol. The summed E-state index contributed by atoms with van der Waals surface area (Å²) in [4.78, 5) is 16.1. The number of hydrogen-bond acceptors (Lipinski definition) is 4. The summed E-state index contributed by atoms with van der Waals surface area (Å²) >= 11 is 3.13. The number of aryl methyl sites for hydroxylation is 1. The molecule has 0 aliphatic rings. The number of nitrogens with zero attached hydrogens (tertiary/aromatic N) is 1. The van der Waals surface area contributed by atoms with Crippen molar-refractivity contribution in [2.75, 3.05) is 17.3 Å². The van der Waals surface area contributed by atoms with E-state index in [-0.39, 0.29) is 5.91 Å². The first-order valence-electron chi connectivity index (χ1n) is 6.56. The van der Waals surface area contributed by atoms with E-state index in [0.29, 0.717) is 11.6 Å². The first kappa shape index (κ1) is 15.1. The molecule has 0 unspecified atom stereocenters. The molecule has 0 atom stereocenters. The highest BCUT2D eigenvalue weighted by Gasteiger charge is 2.07. The highest BCUT2D eigenvalue weighted by molar-refractivity contribution is 7.98. The number of carbonyl (C=O) groups excluding carboxylic acids is 1. The van der Waals surface area contributed by atoms with Gasteiger partial charge in [-0.15, -0.1) is 11.3 Å². The molecule has 0 aliphatic carbocycles. The Bertz CT molecular complexity index is 564. The van der Waals surface area contributed by atoms with Crippen LogP contribution < -0.4 is 5.32 Å². The third-order valence-corrected chi connectivity index (χ3v) is 4.31. The van der Waals surface area contributed by atoms with Gasteiger partial charge in [0.25, 0.3) is 0 Å². The largest absolute Gasteiger partial charge is 0.302 e. The Balaban J connectivity index is 2.02. The van der Waals surface area contributed by atoms with Crippen LogP contribution in [-0.4, -0.2) is 22.9 Å². The van der Waals surface area contributed by atoms with Gasteiger partial charge in [0.05, 0.1) is 5.69 Å². The number of rotatable bonds is 6. The molecule has 3 nitrogen and oxygen atoms in total. The quantitative estimate of drug-likeness (QED) is 0.875. The lowest BCUT2D eigenvalue weighted by Gasteiger charge is -2.00. The van der Waals surface area contributed by atoms with Crippen molar-refractivity contribution in [2.45, 2.75) is 19.8 Å². The number of thioether (sulfide) groups is 1. The maximum absolute atomic E-state index is 11.6. The van der Waals surface area contributed by atoms with Gasteiger partial charge in [-0.3, -0.25) is 4.79 Å². The van der Waals surface area contributed by atoms with E-state index in [4.69, 9.17) is 0 Å². The molecule has 0 spiro atoms. The Morgan fingerprint density at radius 1 is 1.35 bits per heavy atom. The molecule has 0 aliphatic heterocycles. The fourth-order valence-electron chi connectivity index (χ4n) is 1.75. The van der Waals surface area contributed by atoms with E-state index >= 15 is 0 Å². The SMILES string of the molecule is CCc1ccc(-c2csc(NC(=O)CCSC)n2)cc1. The van der Waals surface area contributed by atoms with Gasteiger partial charge in [-0.1, -0.05) is 31.2 Å². The minimum atomic E-state index is 0.0292. The number of aromatic nitrogens is 1. The van der Waals surface area contributed by atoms with Crippen LogP contribution in [0.5, 0.6) is 0 Å². The van der Waals surface area contributed by atoms with Crippen LogP contribution in [0.1, 0.15) is 18.9 Å². The molecular formula is C15H18N2OS2. The smallest absolute Gasteiger partial charge is 0.226 e. The predicted molar refractivity (Wildman–Crippen MR) is 88.6 cm³/mol. The van der Waals surface area contributed by atoms with E-state index < -0.39 is 0 Å². The zero-order valence-electron chi connectivity index (χ0n) is 11.7. The van der Waals surface area contributed by atoms with E-state index in [1.165, 1.54) is 16.9 Å². The lowest BCUT2D eigenvalue weighted by molar-refractivity contribution is -0.115. The van der Waals surface area contributed by atoms with Crippen LogP contribution in [0.2, 0.25) is 0 Å². The monoisotopic (exact) mass is 306 g/mol. The average Bonchev–Trinajstić information content (AvgIpc) is 2.93. The summed E-state index contributed by atoms with van der Waals surface area (Å²) in [5.41, 5.74) is 3.32. The van der Waals surface area contributed by atoms with Crippen molar-refractivity contribution in [1.82, 2.24) is 4.98 Å². The maximum atomic E-state index is 11.6. The van der Waals surface area contributed by atoms with Gasteiger partial charge < -0.3 is 5.32 Å². The number of nitrogens with one attached hydrogen (secondary N) is 1. The molecule has 2 rings (SSSR count). The number of benzene rings is 1. The van der Waals surface area contributed by atoms with E-state index in [1.54, 1.807) is 11.8 Å². The number of carbonyl (C=O) groups is 1. The fourth-order valence-corrected chi connectivity index (χ4v) is 2.88. The standard InChI is InChI=1S/C15H18N2OS2/c1-3-11-4-6-12(7-5-11)13-10-20-15(16-13)17-14(18)8-9-19-2/h4-7,10H,3,8-9H2,1-2H3,(H,16,17,18). The zero-order chi connectivity index (χ0) is 14.4. The van der Waals surface area contributed by atoms with Gasteiger partial charge in [0.1, 0.15) is 0 Å². The Morgan fingerprint density at radius 3 is 2.75 bits per heavy atom. The van der Waals surface area contributed by atoms with Crippen molar-refractivity contribution in [3.63, 3.8) is 0 Å². The molecule has 2 aromatic rings. The summed E-state index contributed by atoms with van der Waals surface area (Å²) < 4.78 is 0. The van der Waals surface area contributed by atoms with Gasteiger partial charge in [0, 0.05) is 23.1 Å². The van der Waals surface area contributed by atoms with E-state index in [1.807, 2.05) is 11.6 Å². The zero-order valence-corrected chi connectivity index (χ0v) is 13.3. The molecule has 0 saturated heterocycles. The molecule has 1 aromatic heterocycles. The van der Waals surface area contributed by atoms with Crippen molar-refractivity contribution < 1.29 is 4.79 Å². The van der Waals surface area contributed by atoms with E-state index in [2.05, 4.69) is 41.5 Å². The number of thiazole rings is 1. The van der Waals surface area contributed by atoms with Gasteiger partial charge in [-0.2, -0.15) is 11.8 Å². The molecular weight excluding hydrogens is 288 g/mol. The topological polar surface area (TPSA) is 42.0 Å². The highest BCUT2D eigenvalue weighted by atomic mass is 32.2. The lowest BCUT2D eigenvalue weighted by atomic mass is 10.1. The van der Waals surface area contributed by atoms with Crippen LogP contribution in [0.25, 0.3) is 11.3 Å². The maximum Gasteiger partial charge on any atom is 0.226 e. The van der Waals surface area contributed by atoms with Crippen molar-refractivity contribution >= 4 is 34.1 Å². The Hall–Kier alpha value is -1.33. The molecule has 1 heterocycles. The van der Waals surface area contributed by atoms with Crippen molar-refractivity contribution in [3.8, 4) is 11.3 Å². The number of hydrogen-bond donors (Lipinski definition) is 1. The minimum absolute atomic E-state index is 0.0292. The normalized spacial score (nSPS) is 10.5. The molecule has 1 aromatic carbocycles. The van der Waals surface area contributed by atoms with Crippen LogP contribution in [0.3, 0.4) is 0 Å². The first-order valence-corrected chi connectivity index (χ1v) is 8.84. The summed E-state index contributed by atoms with van der Waals surface area (Å²) in [5, 5.41) is 5.49. The molecule has 1 N–H and O–H groups in total. The highest BCUT2D eigenvalue weighted by Crippen LogP contribution is 2.25. The molecule has 5 heteroatoms. The third kappa shape index (κ3) is 4.08. The Labute approximate surface area is 127 Å². The summed E-state index contributed by atoms with van der Waals surface area (Å²) in [6.45, 7) is 2.14.